The van der Waals surface area contributed by atoms with E-state index in [4.69, 9.17) is 4.74 Å². The SMILES string of the molecule is CCCCCCCCCCNc1ncccc1C(=O)c1cccc(OCc2ccccc2C)c1. The highest BCUT2D eigenvalue weighted by Crippen LogP contribution is 2.22. The van der Waals surface area contributed by atoms with E-state index >= 15 is 0 Å². The topological polar surface area (TPSA) is 51.2 Å². The smallest absolute Gasteiger partial charge is 0.196 e. The Bertz CT molecular complexity index is 1030. The third-order valence-corrected chi connectivity index (χ3v) is 6.13. The van der Waals surface area contributed by atoms with E-state index in [1.54, 1.807) is 6.20 Å². The Morgan fingerprint density at radius 2 is 1.65 bits per heavy atom. The summed E-state index contributed by atoms with van der Waals surface area (Å²) in [5, 5.41) is 3.38. The summed E-state index contributed by atoms with van der Waals surface area (Å²) in [5.74, 6) is 1.29. The van der Waals surface area contributed by atoms with Crippen LogP contribution in [0.1, 0.15) is 85.3 Å². The molecule has 0 radical (unpaired) electrons. The van der Waals surface area contributed by atoms with Gasteiger partial charge >= 0.3 is 0 Å². The van der Waals surface area contributed by atoms with Crippen molar-refractivity contribution >= 4 is 11.6 Å². The van der Waals surface area contributed by atoms with Gasteiger partial charge in [-0.15, -0.1) is 0 Å². The lowest BCUT2D eigenvalue weighted by atomic mass is 10.0. The van der Waals surface area contributed by atoms with Crippen molar-refractivity contribution in [2.45, 2.75) is 71.8 Å². The van der Waals surface area contributed by atoms with E-state index in [2.05, 4.69) is 36.3 Å². The monoisotopic (exact) mass is 458 g/mol. The zero-order valence-electron chi connectivity index (χ0n) is 20.7. The number of ketones is 1. The number of aryl methyl sites for hydroxylation is 1. The van der Waals surface area contributed by atoms with Crippen molar-refractivity contribution in [1.29, 1.82) is 0 Å². The first-order valence-electron chi connectivity index (χ1n) is 12.7. The Hall–Kier alpha value is -3.14. The molecule has 0 aliphatic carbocycles. The highest BCUT2D eigenvalue weighted by atomic mass is 16.5. The molecular formula is C30H38N2O2. The minimum absolute atomic E-state index is 0.0483. The molecule has 34 heavy (non-hydrogen) atoms. The van der Waals surface area contributed by atoms with E-state index in [9.17, 15) is 4.79 Å². The number of carbonyl (C=O) groups is 1. The molecule has 0 aliphatic rings. The van der Waals surface area contributed by atoms with Crippen LogP contribution in [0.5, 0.6) is 5.75 Å². The molecule has 0 amide bonds. The normalized spacial score (nSPS) is 10.8. The second-order valence-electron chi connectivity index (χ2n) is 8.87. The Morgan fingerprint density at radius 3 is 2.44 bits per heavy atom. The molecule has 2 aromatic carbocycles. The summed E-state index contributed by atoms with van der Waals surface area (Å²) in [6.45, 7) is 5.62. The van der Waals surface area contributed by atoms with Gasteiger partial charge in [0.2, 0.25) is 0 Å². The molecule has 1 N–H and O–H groups in total. The largest absolute Gasteiger partial charge is 0.489 e. The molecule has 1 aromatic heterocycles. The van der Waals surface area contributed by atoms with E-state index < -0.39 is 0 Å². The quantitative estimate of drug-likeness (QED) is 0.187. The number of anilines is 1. The first-order chi connectivity index (χ1) is 16.7. The van der Waals surface area contributed by atoms with E-state index in [0.29, 0.717) is 29.3 Å². The molecule has 4 heteroatoms. The first kappa shape index (κ1) is 25.5. The van der Waals surface area contributed by atoms with Crippen molar-refractivity contribution in [3.63, 3.8) is 0 Å². The Balaban J connectivity index is 1.53. The summed E-state index contributed by atoms with van der Waals surface area (Å²) in [6, 6.07) is 19.2. The number of pyridine rings is 1. The van der Waals surface area contributed by atoms with Crippen molar-refractivity contribution in [1.82, 2.24) is 4.98 Å². The lowest BCUT2D eigenvalue weighted by molar-refractivity contribution is 0.103. The van der Waals surface area contributed by atoms with Gasteiger partial charge in [0.25, 0.3) is 0 Å². The summed E-state index contributed by atoms with van der Waals surface area (Å²) in [6.07, 6.45) is 11.9. The minimum Gasteiger partial charge on any atom is -0.489 e. The fourth-order valence-corrected chi connectivity index (χ4v) is 4.01. The molecule has 0 saturated heterocycles. The second kappa shape index (κ2) is 14.2. The third kappa shape index (κ3) is 8.02. The summed E-state index contributed by atoms with van der Waals surface area (Å²) < 4.78 is 5.98. The van der Waals surface area contributed by atoms with E-state index in [1.165, 1.54) is 50.5 Å². The predicted octanol–water partition coefficient (Wildman–Crippen LogP) is 7.75. The van der Waals surface area contributed by atoms with Crippen molar-refractivity contribution in [2.75, 3.05) is 11.9 Å². The summed E-state index contributed by atoms with van der Waals surface area (Å²) in [4.78, 5) is 17.7. The number of aromatic nitrogens is 1. The van der Waals surface area contributed by atoms with Gasteiger partial charge in [-0.1, -0.05) is 88.3 Å². The number of nitrogens with zero attached hydrogens (tertiary/aromatic N) is 1. The fraction of sp³-hybridized carbons (Fsp3) is 0.400. The number of nitrogens with one attached hydrogen (secondary N) is 1. The van der Waals surface area contributed by atoms with Gasteiger partial charge in [0.05, 0.1) is 5.56 Å². The number of carbonyl (C=O) groups excluding carboxylic acids is 1. The molecule has 3 aromatic rings. The van der Waals surface area contributed by atoms with Crippen molar-refractivity contribution in [3.05, 3.63) is 89.1 Å². The van der Waals surface area contributed by atoms with Crippen LogP contribution in [-0.2, 0) is 6.61 Å². The number of hydrogen-bond acceptors (Lipinski definition) is 4. The number of rotatable bonds is 15. The van der Waals surface area contributed by atoms with Gasteiger partial charge in [0.1, 0.15) is 18.2 Å². The molecule has 0 aliphatic heterocycles. The summed E-state index contributed by atoms with van der Waals surface area (Å²) in [7, 11) is 0. The zero-order chi connectivity index (χ0) is 24.0. The Morgan fingerprint density at radius 1 is 0.882 bits per heavy atom. The Kier molecular flexibility index (Phi) is 10.6. The predicted molar refractivity (Wildman–Crippen MR) is 141 cm³/mol. The average Bonchev–Trinajstić information content (AvgIpc) is 2.87. The van der Waals surface area contributed by atoms with E-state index in [1.807, 2.05) is 48.5 Å². The van der Waals surface area contributed by atoms with Gasteiger partial charge in [0, 0.05) is 18.3 Å². The highest BCUT2D eigenvalue weighted by Gasteiger charge is 2.15. The average molecular weight is 459 g/mol. The summed E-state index contributed by atoms with van der Waals surface area (Å²) >= 11 is 0. The summed E-state index contributed by atoms with van der Waals surface area (Å²) in [5.41, 5.74) is 3.53. The zero-order valence-corrected chi connectivity index (χ0v) is 20.7. The first-order valence-corrected chi connectivity index (χ1v) is 12.7. The van der Waals surface area contributed by atoms with Crippen LogP contribution in [0.3, 0.4) is 0 Å². The lowest BCUT2D eigenvalue weighted by Gasteiger charge is -2.12. The molecular weight excluding hydrogens is 420 g/mol. The number of unbranched alkanes of at least 4 members (excludes halogenated alkanes) is 7. The van der Waals surface area contributed by atoms with Gasteiger partial charge in [0.15, 0.2) is 5.78 Å². The van der Waals surface area contributed by atoms with Crippen LogP contribution in [0.15, 0.2) is 66.9 Å². The van der Waals surface area contributed by atoms with Gasteiger partial charge in [-0.3, -0.25) is 4.79 Å². The van der Waals surface area contributed by atoms with Crippen molar-refractivity contribution in [2.24, 2.45) is 0 Å². The number of ether oxygens (including phenoxy) is 1. The van der Waals surface area contributed by atoms with Gasteiger partial charge in [-0.2, -0.15) is 0 Å². The van der Waals surface area contributed by atoms with Crippen LogP contribution >= 0.6 is 0 Å². The van der Waals surface area contributed by atoms with Crippen LogP contribution in [-0.4, -0.2) is 17.3 Å². The van der Waals surface area contributed by atoms with Gasteiger partial charge < -0.3 is 10.1 Å². The minimum atomic E-state index is -0.0483. The van der Waals surface area contributed by atoms with Crippen molar-refractivity contribution < 1.29 is 9.53 Å². The van der Waals surface area contributed by atoms with Crippen molar-refractivity contribution in [3.8, 4) is 5.75 Å². The van der Waals surface area contributed by atoms with Crippen LogP contribution in [0.2, 0.25) is 0 Å². The van der Waals surface area contributed by atoms with E-state index in [-0.39, 0.29) is 5.78 Å². The lowest BCUT2D eigenvalue weighted by Crippen LogP contribution is -2.11. The van der Waals surface area contributed by atoms with Crippen LogP contribution in [0.4, 0.5) is 5.82 Å². The fourth-order valence-electron chi connectivity index (χ4n) is 4.01. The number of benzene rings is 2. The maximum atomic E-state index is 13.3. The molecule has 180 valence electrons. The molecule has 0 spiro atoms. The molecule has 1 heterocycles. The van der Waals surface area contributed by atoms with E-state index in [0.717, 1.165) is 18.5 Å². The highest BCUT2D eigenvalue weighted by molar-refractivity contribution is 6.12. The molecule has 0 fully saturated rings. The standard InChI is InChI=1S/C30H38N2O2/c1-3-4-5-6-7-8-9-12-20-31-30-28(19-14-21-32-30)29(33)25-17-13-18-27(22-25)34-23-26-16-11-10-15-24(26)2/h10-11,13-19,21-22H,3-9,12,20,23H2,1-2H3,(H,31,32). The second-order valence-corrected chi connectivity index (χ2v) is 8.87. The van der Waals surface area contributed by atoms with Crippen LogP contribution in [0, 0.1) is 6.92 Å². The third-order valence-electron chi connectivity index (χ3n) is 6.13. The number of hydrogen-bond donors (Lipinski definition) is 1. The molecule has 0 saturated carbocycles. The molecule has 3 rings (SSSR count). The molecule has 0 unspecified atom stereocenters. The van der Waals surface area contributed by atoms with Crippen LogP contribution in [0.25, 0.3) is 0 Å². The van der Waals surface area contributed by atoms with Crippen LogP contribution < -0.4 is 10.1 Å². The van der Waals surface area contributed by atoms with Gasteiger partial charge in [-0.25, -0.2) is 4.98 Å². The molecule has 0 bridgehead atoms. The Labute approximate surface area is 204 Å². The van der Waals surface area contributed by atoms with Gasteiger partial charge in [-0.05, 0) is 48.7 Å². The molecule has 0 atom stereocenters. The maximum absolute atomic E-state index is 13.3. The molecule has 4 nitrogen and oxygen atoms in total. The maximum Gasteiger partial charge on any atom is 0.196 e.